The summed E-state index contributed by atoms with van der Waals surface area (Å²) in [7, 11) is 3.29. The molecule has 5 rings (SSSR count). The number of ether oxygens (including phenoxy) is 3. The number of halogens is 1. The minimum atomic E-state index is -0.807. The van der Waals surface area contributed by atoms with Gasteiger partial charge in [-0.25, -0.2) is 9.37 Å². The number of methoxy groups -OCH3 is 2. The van der Waals surface area contributed by atoms with Gasteiger partial charge in [-0.05, 0) is 66.0 Å². The maximum absolute atomic E-state index is 15.0. The van der Waals surface area contributed by atoms with Gasteiger partial charge in [0.2, 0.25) is 5.88 Å². The molecule has 2 unspecified atom stereocenters. The van der Waals surface area contributed by atoms with Crippen LogP contribution in [0.1, 0.15) is 54.5 Å². The Morgan fingerprint density at radius 2 is 1.93 bits per heavy atom. The highest BCUT2D eigenvalue weighted by Gasteiger charge is 2.25. The number of benzene rings is 2. The van der Waals surface area contributed by atoms with E-state index in [4.69, 9.17) is 14.2 Å². The van der Waals surface area contributed by atoms with Crippen LogP contribution in [0.25, 0.3) is 11.1 Å². The van der Waals surface area contributed by atoms with Gasteiger partial charge in [0.15, 0.2) is 0 Å². The van der Waals surface area contributed by atoms with Crippen LogP contribution in [-0.4, -0.2) is 54.4 Å². The average Bonchev–Trinajstić information content (AvgIpc) is 2.97. The zero-order valence-electron chi connectivity index (χ0n) is 23.4. The molecule has 1 fully saturated rings. The summed E-state index contributed by atoms with van der Waals surface area (Å²) in [6, 6.07) is 13.8. The molecular weight excluding hydrogens is 511 g/mol. The number of aromatic nitrogens is 1. The molecule has 0 radical (unpaired) electrons. The summed E-state index contributed by atoms with van der Waals surface area (Å²) in [5.74, 6) is -0.484. The zero-order valence-corrected chi connectivity index (χ0v) is 23.4. The van der Waals surface area contributed by atoms with Crippen molar-refractivity contribution in [1.82, 2.24) is 9.88 Å². The van der Waals surface area contributed by atoms with Crippen molar-refractivity contribution in [3.05, 3.63) is 76.7 Å². The van der Waals surface area contributed by atoms with Crippen molar-refractivity contribution in [2.24, 2.45) is 5.92 Å². The van der Waals surface area contributed by atoms with E-state index in [1.54, 1.807) is 20.1 Å². The van der Waals surface area contributed by atoms with Crippen molar-refractivity contribution in [2.45, 2.75) is 57.8 Å². The number of piperidine rings is 1. The van der Waals surface area contributed by atoms with Crippen molar-refractivity contribution < 1.29 is 28.5 Å². The number of likely N-dealkylation sites (tertiary alicyclic amines) is 1. The topological polar surface area (TPSA) is 81.1 Å². The molecule has 1 saturated heterocycles. The molecule has 0 bridgehead atoms. The molecule has 2 aliphatic heterocycles. The lowest BCUT2D eigenvalue weighted by atomic mass is 9.91. The second kappa shape index (κ2) is 12.4. The summed E-state index contributed by atoms with van der Waals surface area (Å²) in [6.45, 7) is 4.22. The molecule has 0 spiro atoms. The van der Waals surface area contributed by atoms with Gasteiger partial charge in [0.1, 0.15) is 17.7 Å². The highest BCUT2D eigenvalue weighted by Crippen LogP contribution is 2.38. The van der Waals surface area contributed by atoms with E-state index in [1.807, 2.05) is 30.3 Å². The van der Waals surface area contributed by atoms with Gasteiger partial charge in [-0.3, -0.25) is 9.69 Å². The number of nitrogens with zero attached hydrogens (tertiary/aromatic N) is 2. The van der Waals surface area contributed by atoms with E-state index < -0.39 is 11.9 Å². The zero-order chi connectivity index (χ0) is 28.2. The number of hydrogen-bond acceptors (Lipinski definition) is 6. The molecule has 8 heteroatoms. The number of aryl methyl sites for hydroxylation is 1. The molecule has 2 aliphatic rings. The predicted molar refractivity (Wildman–Crippen MR) is 150 cm³/mol. The molecule has 1 N–H and O–H groups in total. The molecule has 1 aromatic heterocycles. The molecule has 7 nitrogen and oxygen atoms in total. The van der Waals surface area contributed by atoms with E-state index in [2.05, 4.69) is 16.0 Å². The highest BCUT2D eigenvalue weighted by molar-refractivity contribution is 5.70. The van der Waals surface area contributed by atoms with E-state index in [-0.39, 0.29) is 18.0 Å². The van der Waals surface area contributed by atoms with Crippen molar-refractivity contribution >= 4 is 5.97 Å². The van der Waals surface area contributed by atoms with Crippen LogP contribution in [0.4, 0.5) is 4.39 Å². The van der Waals surface area contributed by atoms with Crippen LogP contribution in [0.3, 0.4) is 0 Å². The molecule has 3 heterocycles. The fourth-order valence-electron chi connectivity index (χ4n) is 5.71. The maximum Gasteiger partial charge on any atom is 0.306 e. The first-order valence-corrected chi connectivity index (χ1v) is 13.9. The van der Waals surface area contributed by atoms with Crippen LogP contribution in [0.15, 0.2) is 48.7 Å². The van der Waals surface area contributed by atoms with Gasteiger partial charge in [0.05, 0.1) is 25.3 Å². The number of carboxylic acid groups (broad SMARTS) is 1. The fraction of sp³-hybridized carbons (Fsp3) is 0.438. The van der Waals surface area contributed by atoms with E-state index in [0.29, 0.717) is 24.4 Å². The Morgan fingerprint density at radius 3 is 2.65 bits per heavy atom. The largest absolute Gasteiger partial charge is 0.485 e. The maximum atomic E-state index is 15.0. The Labute approximate surface area is 234 Å². The first-order valence-electron chi connectivity index (χ1n) is 13.9. The van der Waals surface area contributed by atoms with Gasteiger partial charge in [-0.15, -0.1) is 0 Å². The second-order valence-electron chi connectivity index (χ2n) is 10.9. The standard InChI is InChI=1S/C32H37FN2O5/c1-20(32(36)37)14-21-4-5-22-7-9-29(40-30(22)15-21)23-6-8-26(27-17-31(39-3)34-18-28(27)33)24(16-23)19-35-12-10-25(38-2)11-13-35/h4-6,8,15-18,20,25,29H,7,9-14,19H2,1-3H3,(H,36,37). The minimum Gasteiger partial charge on any atom is -0.485 e. The monoisotopic (exact) mass is 548 g/mol. The number of fused-ring (bicyclic) bond motifs is 1. The Hall–Kier alpha value is -3.49. The second-order valence-corrected chi connectivity index (χ2v) is 10.9. The molecule has 2 atom stereocenters. The molecular formula is C32H37FN2O5. The van der Waals surface area contributed by atoms with Crippen LogP contribution in [0.2, 0.25) is 0 Å². The van der Waals surface area contributed by atoms with E-state index in [9.17, 15) is 9.90 Å². The van der Waals surface area contributed by atoms with Gasteiger partial charge >= 0.3 is 5.97 Å². The Kier molecular flexibility index (Phi) is 8.66. The third kappa shape index (κ3) is 6.29. The summed E-state index contributed by atoms with van der Waals surface area (Å²) in [5.41, 5.74) is 5.43. The Balaban J connectivity index is 1.44. The number of carboxylic acids is 1. The number of pyridine rings is 1. The van der Waals surface area contributed by atoms with Crippen molar-refractivity contribution in [2.75, 3.05) is 27.3 Å². The lowest BCUT2D eigenvalue weighted by molar-refractivity contribution is -0.141. The van der Waals surface area contributed by atoms with Gasteiger partial charge in [0.25, 0.3) is 0 Å². The van der Waals surface area contributed by atoms with Crippen LogP contribution in [-0.2, 0) is 28.9 Å². The molecule has 212 valence electrons. The molecule has 0 saturated carbocycles. The summed E-state index contributed by atoms with van der Waals surface area (Å²) in [4.78, 5) is 17.8. The quantitative estimate of drug-likeness (QED) is 0.360. The van der Waals surface area contributed by atoms with Crippen molar-refractivity contribution in [3.8, 4) is 22.8 Å². The fourth-order valence-corrected chi connectivity index (χ4v) is 5.71. The van der Waals surface area contributed by atoms with Crippen molar-refractivity contribution in [1.29, 1.82) is 0 Å². The summed E-state index contributed by atoms with van der Waals surface area (Å²) < 4.78 is 32.4. The number of rotatable bonds is 9. The Bertz CT molecular complexity index is 1360. The third-order valence-electron chi connectivity index (χ3n) is 8.13. The van der Waals surface area contributed by atoms with E-state index in [1.165, 1.54) is 13.3 Å². The van der Waals surface area contributed by atoms with Crippen LogP contribution >= 0.6 is 0 Å². The predicted octanol–water partition coefficient (Wildman–Crippen LogP) is 5.84. The lowest BCUT2D eigenvalue weighted by Crippen LogP contribution is -2.36. The normalized spacial score (nSPS) is 18.6. The molecule has 2 aromatic carbocycles. The Morgan fingerprint density at radius 1 is 1.12 bits per heavy atom. The highest BCUT2D eigenvalue weighted by atomic mass is 19.1. The van der Waals surface area contributed by atoms with E-state index in [0.717, 1.165) is 72.3 Å². The number of aliphatic carboxylic acids is 1. The van der Waals surface area contributed by atoms with Crippen molar-refractivity contribution in [3.63, 3.8) is 0 Å². The van der Waals surface area contributed by atoms with Gasteiger partial charge in [0, 0.05) is 38.4 Å². The molecule has 0 amide bonds. The first-order chi connectivity index (χ1) is 19.3. The van der Waals surface area contributed by atoms with Gasteiger partial charge in [-0.1, -0.05) is 37.3 Å². The molecule has 0 aliphatic carbocycles. The van der Waals surface area contributed by atoms with E-state index >= 15 is 4.39 Å². The number of carbonyl (C=O) groups is 1. The van der Waals surface area contributed by atoms with Gasteiger partial charge < -0.3 is 19.3 Å². The summed E-state index contributed by atoms with van der Waals surface area (Å²) >= 11 is 0. The molecule has 3 aromatic rings. The van der Waals surface area contributed by atoms with Crippen LogP contribution < -0.4 is 9.47 Å². The average molecular weight is 549 g/mol. The van der Waals surface area contributed by atoms with Crippen LogP contribution in [0.5, 0.6) is 11.6 Å². The SMILES string of the molecule is COc1cc(-c2ccc(C3CCc4ccc(CC(C)C(=O)O)cc4O3)cc2CN2CCC(OC)CC2)c(F)cn1. The lowest BCUT2D eigenvalue weighted by Gasteiger charge is -2.32. The molecule has 40 heavy (non-hydrogen) atoms. The smallest absolute Gasteiger partial charge is 0.306 e. The van der Waals surface area contributed by atoms with Gasteiger partial charge in [-0.2, -0.15) is 0 Å². The van der Waals surface area contributed by atoms with Crippen LogP contribution in [0, 0.1) is 11.7 Å². The summed E-state index contributed by atoms with van der Waals surface area (Å²) in [5, 5.41) is 9.32. The third-order valence-corrected chi connectivity index (χ3v) is 8.13. The summed E-state index contributed by atoms with van der Waals surface area (Å²) in [6.07, 6.45) is 5.42. The first kappa shape index (κ1) is 28.1. The number of hydrogen-bond donors (Lipinski definition) is 1. The minimum absolute atomic E-state index is 0.150.